The molecule has 1 aromatic carbocycles. The van der Waals surface area contributed by atoms with Crippen LogP contribution in [0.25, 0.3) is 0 Å². The Kier molecular flexibility index (Phi) is 6.07. The van der Waals surface area contributed by atoms with E-state index in [0.717, 1.165) is 12.2 Å². The van der Waals surface area contributed by atoms with Crippen molar-refractivity contribution < 1.29 is 18.0 Å². The second-order valence-corrected chi connectivity index (χ2v) is 10.5. The molecule has 8 nitrogen and oxygen atoms in total. The topological polar surface area (TPSA) is 98.8 Å². The van der Waals surface area contributed by atoms with Crippen molar-refractivity contribution in [2.24, 2.45) is 5.92 Å². The van der Waals surface area contributed by atoms with E-state index >= 15 is 0 Å². The number of sulfonamides is 1. The van der Waals surface area contributed by atoms with Gasteiger partial charge in [0.2, 0.25) is 11.8 Å². The largest absolute Gasteiger partial charge is 0.360 e. The number of nitrogens with one attached hydrogen (secondary N) is 2. The van der Waals surface area contributed by atoms with Gasteiger partial charge in [-0.05, 0) is 48.6 Å². The highest BCUT2D eigenvalue weighted by Crippen LogP contribution is 2.27. The van der Waals surface area contributed by atoms with Gasteiger partial charge in [-0.15, -0.1) is 11.3 Å². The van der Waals surface area contributed by atoms with Crippen molar-refractivity contribution in [2.75, 3.05) is 42.9 Å². The van der Waals surface area contributed by atoms with Gasteiger partial charge in [-0.1, -0.05) is 6.07 Å². The molecule has 0 radical (unpaired) electrons. The van der Waals surface area contributed by atoms with Crippen LogP contribution in [0.15, 0.2) is 46.0 Å². The molecular weight excluding hydrogens is 424 g/mol. The number of piperazine rings is 1. The number of carbonyl (C=O) groups excluding carboxylic acids is 2. The molecule has 1 aromatic heterocycles. The zero-order valence-electron chi connectivity index (χ0n) is 16.4. The van der Waals surface area contributed by atoms with Crippen molar-refractivity contribution in [2.45, 2.75) is 17.1 Å². The number of piperidine rings is 1. The number of rotatable bonds is 5. The van der Waals surface area contributed by atoms with Gasteiger partial charge in [0.1, 0.15) is 4.21 Å². The molecule has 2 aliphatic rings. The van der Waals surface area contributed by atoms with Crippen LogP contribution >= 0.6 is 11.3 Å². The second-order valence-electron chi connectivity index (χ2n) is 7.42. The molecule has 2 saturated heterocycles. The molecule has 3 heterocycles. The number of hydrogen-bond donors (Lipinski definition) is 2. The third kappa shape index (κ3) is 4.50. The lowest BCUT2D eigenvalue weighted by Gasteiger charge is -2.30. The molecule has 2 N–H and O–H groups in total. The molecule has 30 heavy (non-hydrogen) atoms. The first-order valence-electron chi connectivity index (χ1n) is 9.90. The maximum Gasteiger partial charge on any atom is 0.252 e. The maximum absolute atomic E-state index is 12.6. The van der Waals surface area contributed by atoms with Crippen molar-refractivity contribution >= 4 is 44.5 Å². The Morgan fingerprint density at radius 2 is 1.83 bits per heavy atom. The van der Waals surface area contributed by atoms with E-state index in [1.165, 1.54) is 15.6 Å². The van der Waals surface area contributed by atoms with Crippen LogP contribution in [0.5, 0.6) is 0 Å². The summed E-state index contributed by atoms with van der Waals surface area (Å²) in [5, 5.41) is 7.48. The third-order valence-corrected chi connectivity index (χ3v) is 8.72. The molecule has 0 unspecified atom stereocenters. The first-order valence-corrected chi connectivity index (χ1v) is 12.2. The minimum absolute atomic E-state index is 0.00562. The lowest BCUT2D eigenvalue weighted by Crippen LogP contribution is -2.47. The average molecular weight is 449 g/mol. The Morgan fingerprint density at radius 3 is 2.47 bits per heavy atom. The van der Waals surface area contributed by atoms with E-state index in [2.05, 4.69) is 10.6 Å². The van der Waals surface area contributed by atoms with E-state index in [0.29, 0.717) is 48.9 Å². The summed E-state index contributed by atoms with van der Waals surface area (Å²) in [4.78, 5) is 26.2. The number of thiophene rings is 1. The number of amides is 2. The molecule has 2 aromatic rings. The summed E-state index contributed by atoms with van der Waals surface area (Å²) in [7, 11) is -3.46. The van der Waals surface area contributed by atoms with E-state index < -0.39 is 10.0 Å². The van der Waals surface area contributed by atoms with Crippen molar-refractivity contribution in [3.05, 3.63) is 41.8 Å². The first-order chi connectivity index (χ1) is 14.4. The molecule has 0 aliphatic carbocycles. The number of carbonyl (C=O) groups is 2. The van der Waals surface area contributed by atoms with Crippen LogP contribution < -0.4 is 15.5 Å². The fourth-order valence-electron chi connectivity index (χ4n) is 3.75. The summed E-state index contributed by atoms with van der Waals surface area (Å²) < 4.78 is 27.0. The van der Waals surface area contributed by atoms with E-state index in [4.69, 9.17) is 0 Å². The predicted molar refractivity (Wildman–Crippen MR) is 116 cm³/mol. The minimum Gasteiger partial charge on any atom is -0.360 e. The van der Waals surface area contributed by atoms with Crippen LogP contribution in [0.2, 0.25) is 0 Å². The molecule has 2 aliphatic heterocycles. The van der Waals surface area contributed by atoms with Crippen molar-refractivity contribution in [1.82, 2.24) is 9.62 Å². The zero-order chi connectivity index (χ0) is 21.1. The zero-order valence-corrected chi connectivity index (χ0v) is 18.0. The summed E-state index contributed by atoms with van der Waals surface area (Å²) in [6.45, 7) is 2.39. The van der Waals surface area contributed by atoms with Gasteiger partial charge in [-0.3, -0.25) is 9.59 Å². The number of nitrogens with zero attached hydrogens (tertiary/aromatic N) is 2. The van der Waals surface area contributed by atoms with Gasteiger partial charge >= 0.3 is 0 Å². The van der Waals surface area contributed by atoms with Gasteiger partial charge < -0.3 is 15.5 Å². The molecule has 0 atom stereocenters. The van der Waals surface area contributed by atoms with Gasteiger partial charge in [0.25, 0.3) is 10.0 Å². The SMILES string of the molecule is O=C1CN(c2ccc(NC(=O)C3CCN(S(=O)(=O)c4cccs4)CC3)cc2)CCN1. The molecule has 4 rings (SSSR count). The van der Waals surface area contributed by atoms with Crippen molar-refractivity contribution in [3.63, 3.8) is 0 Å². The fraction of sp³-hybridized carbons (Fsp3) is 0.400. The Morgan fingerprint density at radius 1 is 1.10 bits per heavy atom. The van der Waals surface area contributed by atoms with Gasteiger partial charge in [-0.2, -0.15) is 4.31 Å². The van der Waals surface area contributed by atoms with E-state index in [1.807, 2.05) is 29.2 Å². The predicted octanol–water partition coefficient (Wildman–Crippen LogP) is 1.72. The molecule has 10 heteroatoms. The Labute approximate surface area is 179 Å². The van der Waals surface area contributed by atoms with Crippen LogP contribution in [0, 0.1) is 5.92 Å². The first kappa shape index (κ1) is 20.8. The van der Waals surface area contributed by atoms with Gasteiger partial charge in [0, 0.05) is 43.5 Å². The number of benzene rings is 1. The number of anilines is 2. The molecule has 0 bridgehead atoms. The Balaban J connectivity index is 1.31. The summed E-state index contributed by atoms with van der Waals surface area (Å²) in [5.74, 6) is -0.301. The highest BCUT2D eigenvalue weighted by molar-refractivity contribution is 7.91. The summed E-state index contributed by atoms with van der Waals surface area (Å²) >= 11 is 1.21. The molecule has 0 spiro atoms. The maximum atomic E-state index is 12.6. The smallest absolute Gasteiger partial charge is 0.252 e. The monoisotopic (exact) mass is 448 g/mol. The summed E-state index contributed by atoms with van der Waals surface area (Å²) in [5.41, 5.74) is 1.63. The van der Waals surface area contributed by atoms with Crippen LogP contribution in [0.4, 0.5) is 11.4 Å². The van der Waals surface area contributed by atoms with Gasteiger partial charge in [0.15, 0.2) is 0 Å². The van der Waals surface area contributed by atoms with Gasteiger partial charge in [-0.25, -0.2) is 8.42 Å². The summed E-state index contributed by atoms with van der Waals surface area (Å²) in [6, 6.07) is 10.8. The molecule has 2 amide bonds. The van der Waals surface area contributed by atoms with Gasteiger partial charge in [0.05, 0.1) is 6.54 Å². The van der Waals surface area contributed by atoms with Crippen molar-refractivity contribution in [3.8, 4) is 0 Å². The highest BCUT2D eigenvalue weighted by atomic mass is 32.2. The van der Waals surface area contributed by atoms with E-state index in [1.54, 1.807) is 17.5 Å². The minimum atomic E-state index is -3.46. The lowest BCUT2D eigenvalue weighted by molar-refractivity contribution is -0.121. The highest BCUT2D eigenvalue weighted by Gasteiger charge is 2.32. The normalized spacial score (nSPS) is 18.8. The molecule has 0 saturated carbocycles. The third-order valence-electron chi connectivity index (χ3n) is 5.45. The average Bonchev–Trinajstić information content (AvgIpc) is 3.30. The molecular formula is C20H24N4O4S2. The molecule has 160 valence electrons. The second kappa shape index (κ2) is 8.75. The lowest BCUT2D eigenvalue weighted by atomic mass is 9.97. The van der Waals surface area contributed by atoms with Crippen LogP contribution in [0.3, 0.4) is 0 Å². The number of hydrogen-bond acceptors (Lipinski definition) is 6. The van der Waals surface area contributed by atoms with Crippen LogP contribution in [-0.2, 0) is 19.6 Å². The van der Waals surface area contributed by atoms with Crippen LogP contribution in [0.1, 0.15) is 12.8 Å². The van der Waals surface area contributed by atoms with Crippen molar-refractivity contribution in [1.29, 1.82) is 0 Å². The summed E-state index contributed by atoms with van der Waals surface area (Å²) in [6.07, 6.45) is 0.995. The van der Waals surface area contributed by atoms with E-state index in [-0.39, 0.29) is 17.7 Å². The van der Waals surface area contributed by atoms with Crippen LogP contribution in [-0.4, -0.2) is 57.3 Å². The quantitative estimate of drug-likeness (QED) is 0.726. The van der Waals surface area contributed by atoms with E-state index in [9.17, 15) is 18.0 Å². The Bertz CT molecular complexity index is 998. The molecule has 2 fully saturated rings. The fourth-order valence-corrected chi connectivity index (χ4v) is 6.37. The standard InChI is InChI=1S/C20H24N4O4S2/c25-18-14-23(12-9-21-18)17-5-3-16(4-6-17)22-20(26)15-7-10-24(11-8-15)30(27,28)19-2-1-13-29-19/h1-6,13,15H,7-12,14H2,(H,21,25)(H,22,26). The Hall–Kier alpha value is -2.43.